The Balaban J connectivity index is 0.00000114. The monoisotopic (exact) mass is 448 g/mol. The number of likely N-dealkylation sites (N-methyl/N-ethyl adjacent to an activating group) is 1. The molecule has 1 unspecified atom stereocenters. The molecular weight excluding hydrogens is 420 g/mol. The molecule has 1 amide bonds. The van der Waals surface area contributed by atoms with Crippen LogP contribution in [0.4, 0.5) is 5.69 Å². The lowest BCUT2D eigenvalue weighted by molar-refractivity contribution is -0.128. The highest BCUT2D eigenvalue weighted by Crippen LogP contribution is 2.33. The summed E-state index contributed by atoms with van der Waals surface area (Å²) in [5.74, 6) is -0.172. The molecular formula is C24H28N6OS. The first-order valence-corrected chi connectivity index (χ1v) is 11.0. The number of anilines is 1. The van der Waals surface area contributed by atoms with Gasteiger partial charge in [-0.2, -0.15) is 5.26 Å². The van der Waals surface area contributed by atoms with E-state index in [4.69, 9.17) is 11.0 Å². The highest BCUT2D eigenvalue weighted by Gasteiger charge is 2.27. The van der Waals surface area contributed by atoms with Crippen LogP contribution in [0.1, 0.15) is 24.1 Å². The number of nitriles is 1. The van der Waals surface area contributed by atoms with Gasteiger partial charge in [0.2, 0.25) is 5.91 Å². The number of rotatable bonds is 7. The van der Waals surface area contributed by atoms with Gasteiger partial charge in [-0.05, 0) is 41.1 Å². The van der Waals surface area contributed by atoms with Crippen LogP contribution in [0.25, 0.3) is 11.1 Å². The molecule has 3 rings (SSSR count). The Morgan fingerprint density at radius 3 is 2.62 bits per heavy atom. The van der Waals surface area contributed by atoms with Gasteiger partial charge in [-0.25, -0.2) is 0 Å². The zero-order valence-electron chi connectivity index (χ0n) is 18.5. The van der Waals surface area contributed by atoms with Gasteiger partial charge in [0, 0.05) is 44.8 Å². The molecule has 0 aliphatic carbocycles. The van der Waals surface area contributed by atoms with Crippen LogP contribution in [0.5, 0.6) is 0 Å². The van der Waals surface area contributed by atoms with Crippen LogP contribution in [0.3, 0.4) is 0 Å². The third-order valence-electron chi connectivity index (χ3n) is 4.70. The number of nitrogens with zero attached hydrogens (tertiary/aromatic N) is 4. The molecule has 0 aliphatic heterocycles. The number of pyridine rings is 1. The third-order valence-corrected chi connectivity index (χ3v) is 5.74. The van der Waals surface area contributed by atoms with Gasteiger partial charge >= 0.3 is 0 Å². The smallest absolute Gasteiger partial charge is 0.237 e. The summed E-state index contributed by atoms with van der Waals surface area (Å²) in [6.45, 7) is 2.07. The minimum atomic E-state index is -0.313. The lowest BCUT2D eigenvalue weighted by Gasteiger charge is -2.22. The molecule has 2 heterocycles. The number of aliphatic imine (C=N–C) groups is 1. The number of thiophene rings is 1. The number of carbonyl (C=O) groups excluding carboxylic acids is 1. The molecule has 166 valence electrons. The van der Waals surface area contributed by atoms with Gasteiger partial charge in [0.15, 0.2) is 5.96 Å². The molecule has 32 heavy (non-hydrogen) atoms. The van der Waals surface area contributed by atoms with E-state index in [1.807, 2.05) is 30.3 Å². The molecule has 0 fully saturated rings. The van der Waals surface area contributed by atoms with Crippen LogP contribution < -0.4 is 11.1 Å². The van der Waals surface area contributed by atoms with Gasteiger partial charge in [-0.3, -0.25) is 19.7 Å². The molecule has 3 aromatic rings. The van der Waals surface area contributed by atoms with Crippen molar-refractivity contribution in [2.75, 3.05) is 26.0 Å². The van der Waals surface area contributed by atoms with Crippen LogP contribution in [-0.2, 0) is 4.79 Å². The fraction of sp³-hybridized carbons (Fsp3) is 0.250. The fourth-order valence-corrected chi connectivity index (χ4v) is 4.07. The number of amides is 1. The van der Waals surface area contributed by atoms with E-state index in [2.05, 4.69) is 38.9 Å². The molecule has 2 aromatic heterocycles. The van der Waals surface area contributed by atoms with Gasteiger partial charge < -0.3 is 11.1 Å². The predicted molar refractivity (Wildman–Crippen MR) is 131 cm³/mol. The standard InChI is InChI=1S/C22H25N5OS.C2H3N/c1-24-22(23)27(2)21(28)19(10-12-26-18-9-6-11-25-14-18)20-13-17(15-29-20)16-7-4-3-5-8-16;1-2-3/h3-9,11,13-15,19,26H,10,12H2,1-2H3,(H2,23,24);1H3. The molecule has 0 saturated carbocycles. The minimum Gasteiger partial charge on any atom is -0.384 e. The zero-order valence-corrected chi connectivity index (χ0v) is 19.3. The van der Waals surface area contributed by atoms with E-state index in [-0.39, 0.29) is 17.8 Å². The van der Waals surface area contributed by atoms with Crippen molar-refractivity contribution in [1.82, 2.24) is 9.88 Å². The van der Waals surface area contributed by atoms with Gasteiger partial charge in [0.05, 0.1) is 17.7 Å². The second kappa shape index (κ2) is 12.9. The Morgan fingerprint density at radius 1 is 1.28 bits per heavy atom. The molecule has 1 atom stereocenters. The number of aromatic nitrogens is 1. The van der Waals surface area contributed by atoms with Crippen molar-refractivity contribution in [3.8, 4) is 17.2 Å². The maximum absolute atomic E-state index is 13.2. The van der Waals surface area contributed by atoms with E-state index in [9.17, 15) is 4.79 Å². The fourth-order valence-electron chi connectivity index (χ4n) is 3.03. The Labute approximate surface area is 193 Å². The molecule has 0 aliphatic rings. The average Bonchev–Trinajstić information content (AvgIpc) is 3.32. The van der Waals surface area contributed by atoms with Crippen molar-refractivity contribution < 1.29 is 4.79 Å². The maximum atomic E-state index is 13.2. The van der Waals surface area contributed by atoms with Crippen LogP contribution >= 0.6 is 11.3 Å². The first-order chi connectivity index (χ1) is 15.5. The van der Waals surface area contributed by atoms with Gasteiger partial charge in [-0.15, -0.1) is 11.3 Å². The summed E-state index contributed by atoms with van der Waals surface area (Å²) in [6, 6.07) is 17.8. The van der Waals surface area contributed by atoms with E-state index in [0.29, 0.717) is 13.0 Å². The van der Waals surface area contributed by atoms with Crippen molar-refractivity contribution in [2.24, 2.45) is 10.7 Å². The van der Waals surface area contributed by atoms with Crippen LogP contribution in [-0.4, -0.2) is 42.4 Å². The topological polar surface area (TPSA) is 107 Å². The van der Waals surface area contributed by atoms with Crippen LogP contribution in [0.15, 0.2) is 71.3 Å². The number of nitrogens with one attached hydrogen (secondary N) is 1. The largest absolute Gasteiger partial charge is 0.384 e. The van der Waals surface area contributed by atoms with E-state index < -0.39 is 0 Å². The Morgan fingerprint density at radius 2 is 2.00 bits per heavy atom. The number of guanidine groups is 1. The summed E-state index contributed by atoms with van der Waals surface area (Å²) >= 11 is 1.60. The number of benzene rings is 1. The first kappa shape index (κ1) is 24.6. The quantitative estimate of drug-likeness (QED) is 0.413. The molecule has 3 N–H and O–H groups in total. The summed E-state index contributed by atoms with van der Waals surface area (Å²) in [7, 11) is 3.24. The predicted octanol–water partition coefficient (Wildman–Crippen LogP) is 4.33. The molecule has 1 aromatic carbocycles. The average molecular weight is 449 g/mol. The zero-order chi connectivity index (χ0) is 23.3. The summed E-state index contributed by atoms with van der Waals surface area (Å²) < 4.78 is 0. The SMILES string of the molecule is CC#N.CN=C(N)N(C)C(=O)C(CCNc1cccnc1)c1cc(-c2ccccc2)cs1. The molecule has 0 spiro atoms. The Bertz CT molecular complexity index is 1040. The highest BCUT2D eigenvalue weighted by molar-refractivity contribution is 7.10. The van der Waals surface area contributed by atoms with Gasteiger partial charge in [0.1, 0.15) is 0 Å². The summed E-state index contributed by atoms with van der Waals surface area (Å²) in [5, 5.41) is 12.7. The van der Waals surface area contributed by atoms with E-state index in [1.165, 1.54) is 11.8 Å². The Kier molecular flexibility index (Phi) is 9.88. The number of hydrogen-bond acceptors (Lipinski definition) is 6. The number of carbonyl (C=O) groups is 1. The number of nitrogens with two attached hydrogens (primary N) is 1. The van der Waals surface area contributed by atoms with Crippen LogP contribution in [0.2, 0.25) is 0 Å². The number of hydrogen-bond donors (Lipinski definition) is 2. The lowest BCUT2D eigenvalue weighted by Crippen LogP contribution is -2.41. The van der Waals surface area contributed by atoms with E-state index in [0.717, 1.165) is 21.7 Å². The second-order valence-electron chi connectivity index (χ2n) is 6.82. The minimum absolute atomic E-state index is 0.0671. The third kappa shape index (κ3) is 6.93. The van der Waals surface area contributed by atoms with Crippen molar-refractivity contribution >= 4 is 28.9 Å². The first-order valence-electron chi connectivity index (χ1n) is 10.1. The Hall–Kier alpha value is -3.70. The van der Waals surface area contributed by atoms with Gasteiger partial charge in [0.25, 0.3) is 0 Å². The molecule has 0 saturated heterocycles. The summed E-state index contributed by atoms with van der Waals surface area (Å²) in [6.07, 6.45) is 4.13. The van der Waals surface area contributed by atoms with Crippen LogP contribution in [0, 0.1) is 11.3 Å². The van der Waals surface area contributed by atoms with Gasteiger partial charge in [-0.1, -0.05) is 30.3 Å². The van der Waals surface area contributed by atoms with Crippen molar-refractivity contribution in [3.05, 3.63) is 71.2 Å². The molecule has 8 heteroatoms. The highest BCUT2D eigenvalue weighted by atomic mass is 32.1. The maximum Gasteiger partial charge on any atom is 0.237 e. The molecule has 0 radical (unpaired) electrons. The van der Waals surface area contributed by atoms with Crippen molar-refractivity contribution in [2.45, 2.75) is 19.3 Å². The normalized spacial score (nSPS) is 11.5. The summed E-state index contributed by atoms with van der Waals surface area (Å²) in [4.78, 5) is 23.7. The molecule has 0 bridgehead atoms. The van der Waals surface area contributed by atoms with E-state index >= 15 is 0 Å². The lowest BCUT2D eigenvalue weighted by atomic mass is 9.99. The van der Waals surface area contributed by atoms with Crippen molar-refractivity contribution in [3.63, 3.8) is 0 Å². The van der Waals surface area contributed by atoms with Crippen molar-refractivity contribution in [1.29, 1.82) is 5.26 Å². The van der Waals surface area contributed by atoms with E-state index in [1.54, 1.807) is 43.9 Å². The molecule has 7 nitrogen and oxygen atoms in total. The summed E-state index contributed by atoms with van der Waals surface area (Å²) in [5.41, 5.74) is 9.06. The second-order valence-corrected chi connectivity index (χ2v) is 7.76.